The first-order valence-corrected chi connectivity index (χ1v) is 6.57. The lowest BCUT2D eigenvalue weighted by Crippen LogP contribution is -2.18. The molecule has 18 heavy (non-hydrogen) atoms. The average molecular weight is 283 g/mol. The Hall–Kier alpha value is -0.990. The molecule has 0 N–H and O–H groups in total. The number of hydrogen-bond donors (Lipinski definition) is 0. The number of nitrogens with zero attached hydrogens (tertiary/aromatic N) is 2. The van der Waals surface area contributed by atoms with E-state index in [2.05, 4.69) is 32.8 Å². The molecule has 0 aliphatic heterocycles. The van der Waals surface area contributed by atoms with Crippen LogP contribution in [0.25, 0.3) is 5.69 Å². The zero-order valence-corrected chi connectivity index (χ0v) is 12.5. The maximum absolute atomic E-state index is 6.25. The maximum Gasteiger partial charge on any atom is 0.0836 e. The molecule has 2 rings (SSSR count). The van der Waals surface area contributed by atoms with E-state index in [4.69, 9.17) is 23.2 Å². The smallest absolute Gasteiger partial charge is 0.0836 e. The Balaban J connectivity index is 2.65. The largest absolute Gasteiger partial charge is 0.235 e. The lowest BCUT2D eigenvalue weighted by atomic mass is 9.89. The van der Waals surface area contributed by atoms with E-state index in [-0.39, 0.29) is 5.41 Å². The number of rotatable bonds is 1. The van der Waals surface area contributed by atoms with Crippen molar-refractivity contribution >= 4 is 23.2 Å². The molecular formula is C14H16Cl2N2. The molecule has 0 saturated heterocycles. The molecule has 1 aromatic carbocycles. The van der Waals surface area contributed by atoms with Gasteiger partial charge >= 0.3 is 0 Å². The number of aromatic nitrogens is 2. The van der Waals surface area contributed by atoms with Gasteiger partial charge in [-0.05, 0) is 30.7 Å². The Morgan fingerprint density at radius 3 is 2.39 bits per heavy atom. The van der Waals surface area contributed by atoms with E-state index in [1.807, 2.05) is 23.0 Å². The summed E-state index contributed by atoms with van der Waals surface area (Å²) in [5.41, 5.74) is 3.18. The number of aryl methyl sites for hydroxylation is 1. The number of halogens is 2. The molecular weight excluding hydrogens is 267 g/mol. The lowest BCUT2D eigenvalue weighted by Gasteiger charge is -2.22. The molecule has 96 valence electrons. The molecule has 0 amide bonds. The van der Waals surface area contributed by atoms with E-state index in [9.17, 15) is 0 Å². The maximum atomic E-state index is 6.25. The van der Waals surface area contributed by atoms with Crippen molar-refractivity contribution in [2.24, 2.45) is 0 Å². The summed E-state index contributed by atoms with van der Waals surface area (Å²) in [6.07, 6.45) is 1.87. The van der Waals surface area contributed by atoms with E-state index in [0.717, 1.165) is 16.9 Å². The van der Waals surface area contributed by atoms with Gasteiger partial charge in [0.05, 0.1) is 22.6 Å². The summed E-state index contributed by atoms with van der Waals surface area (Å²) in [5, 5.41) is 5.67. The summed E-state index contributed by atoms with van der Waals surface area (Å²) in [6.45, 7) is 8.56. The second-order valence-electron chi connectivity index (χ2n) is 5.43. The molecule has 0 aliphatic rings. The second kappa shape index (κ2) is 4.60. The molecule has 0 bridgehead atoms. The number of benzene rings is 1. The zero-order chi connectivity index (χ0) is 13.5. The predicted molar refractivity (Wildman–Crippen MR) is 77.0 cm³/mol. The molecule has 2 nitrogen and oxygen atoms in total. The van der Waals surface area contributed by atoms with Crippen molar-refractivity contribution in [1.82, 2.24) is 9.78 Å². The van der Waals surface area contributed by atoms with Gasteiger partial charge in [-0.2, -0.15) is 5.10 Å². The van der Waals surface area contributed by atoms with Crippen molar-refractivity contribution < 1.29 is 0 Å². The van der Waals surface area contributed by atoms with Gasteiger partial charge in [0.2, 0.25) is 0 Å². The third-order valence-corrected chi connectivity index (χ3v) is 3.34. The fourth-order valence-corrected chi connectivity index (χ4v) is 2.66. The van der Waals surface area contributed by atoms with Crippen LogP contribution < -0.4 is 0 Å². The lowest BCUT2D eigenvalue weighted by molar-refractivity contribution is 0.540. The summed E-state index contributed by atoms with van der Waals surface area (Å²) >= 11 is 12.2. The van der Waals surface area contributed by atoms with Crippen molar-refractivity contribution in [2.45, 2.75) is 33.1 Å². The third kappa shape index (κ3) is 2.40. The van der Waals surface area contributed by atoms with Gasteiger partial charge in [-0.25, -0.2) is 4.68 Å². The Labute approximate surface area is 118 Å². The highest BCUT2D eigenvalue weighted by molar-refractivity contribution is 6.35. The van der Waals surface area contributed by atoms with Crippen LogP contribution in [0.4, 0.5) is 0 Å². The van der Waals surface area contributed by atoms with Gasteiger partial charge in [0.1, 0.15) is 0 Å². The summed E-state index contributed by atoms with van der Waals surface area (Å²) < 4.78 is 1.90. The minimum absolute atomic E-state index is 0.00352. The van der Waals surface area contributed by atoms with Gasteiger partial charge in [-0.15, -0.1) is 0 Å². The van der Waals surface area contributed by atoms with E-state index in [1.54, 1.807) is 6.07 Å². The predicted octanol–water partition coefficient (Wildman–Crippen LogP) is 4.79. The van der Waals surface area contributed by atoms with Gasteiger partial charge in [-0.3, -0.25) is 0 Å². The molecule has 1 heterocycles. The zero-order valence-electron chi connectivity index (χ0n) is 11.0. The van der Waals surface area contributed by atoms with Crippen molar-refractivity contribution in [3.05, 3.63) is 45.7 Å². The van der Waals surface area contributed by atoms with Crippen LogP contribution in [0.2, 0.25) is 10.0 Å². The van der Waals surface area contributed by atoms with Crippen LogP contribution in [0, 0.1) is 6.92 Å². The highest BCUT2D eigenvalue weighted by Crippen LogP contribution is 2.31. The molecule has 0 saturated carbocycles. The molecule has 4 heteroatoms. The van der Waals surface area contributed by atoms with E-state index in [0.29, 0.717) is 10.0 Å². The molecule has 0 fully saturated rings. The SMILES string of the molecule is Cc1cnn(-c2ccc(Cl)cc2Cl)c1C(C)(C)C. The fraction of sp³-hybridized carbons (Fsp3) is 0.357. The van der Waals surface area contributed by atoms with Crippen molar-refractivity contribution in [1.29, 1.82) is 0 Å². The van der Waals surface area contributed by atoms with Crippen LogP contribution in [0.3, 0.4) is 0 Å². The van der Waals surface area contributed by atoms with E-state index < -0.39 is 0 Å². The molecule has 0 aliphatic carbocycles. The summed E-state index contributed by atoms with van der Waals surface area (Å²) in [5.74, 6) is 0. The first kappa shape index (κ1) is 13.4. The third-order valence-electron chi connectivity index (χ3n) is 2.80. The first-order valence-electron chi connectivity index (χ1n) is 5.81. The molecule has 1 aromatic heterocycles. The fourth-order valence-electron chi connectivity index (χ4n) is 2.18. The molecule has 0 unspecified atom stereocenters. The summed E-state index contributed by atoms with van der Waals surface area (Å²) in [6, 6.07) is 5.46. The standard InChI is InChI=1S/C14H16Cl2N2/c1-9-8-17-18(13(9)14(2,3)4)12-6-5-10(15)7-11(12)16/h5-8H,1-4H3. The van der Waals surface area contributed by atoms with Gasteiger partial charge in [-0.1, -0.05) is 44.0 Å². The quantitative estimate of drug-likeness (QED) is 0.736. The summed E-state index contributed by atoms with van der Waals surface area (Å²) in [4.78, 5) is 0. The minimum atomic E-state index is 0.00352. The van der Waals surface area contributed by atoms with Gasteiger partial charge in [0.15, 0.2) is 0 Å². The first-order chi connectivity index (χ1) is 8.30. The van der Waals surface area contributed by atoms with Crippen LogP contribution in [-0.2, 0) is 5.41 Å². The Morgan fingerprint density at radius 2 is 1.83 bits per heavy atom. The Morgan fingerprint density at radius 1 is 1.17 bits per heavy atom. The second-order valence-corrected chi connectivity index (χ2v) is 6.28. The van der Waals surface area contributed by atoms with Crippen LogP contribution in [0.15, 0.2) is 24.4 Å². The van der Waals surface area contributed by atoms with Gasteiger partial charge < -0.3 is 0 Å². The Kier molecular flexibility index (Phi) is 3.43. The van der Waals surface area contributed by atoms with Gasteiger partial charge in [0, 0.05) is 10.4 Å². The van der Waals surface area contributed by atoms with Crippen LogP contribution >= 0.6 is 23.2 Å². The van der Waals surface area contributed by atoms with Crippen molar-refractivity contribution in [2.75, 3.05) is 0 Å². The molecule has 0 radical (unpaired) electrons. The van der Waals surface area contributed by atoms with E-state index in [1.165, 1.54) is 0 Å². The van der Waals surface area contributed by atoms with E-state index >= 15 is 0 Å². The topological polar surface area (TPSA) is 17.8 Å². The molecule has 0 atom stereocenters. The Bertz CT molecular complexity index is 580. The average Bonchev–Trinajstić information content (AvgIpc) is 2.59. The normalized spacial score (nSPS) is 11.9. The highest BCUT2D eigenvalue weighted by Gasteiger charge is 2.23. The van der Waals surface area contributed by atoms with Crippen molar-refractivity contribution in [3.63, 3.8) is 0 Å². The van der Waals surface area contributed by atoms with Crippen LogP contribution in [0.1, 0.15) is 32.0 Å². The minimum Gasteiger partial charge on any atom is -0.235 e. The molecule has 0 spiro atoms. The monoisotopic (exact) mass is 282 g/mol. The van der Waals surface area contributed by atoms with Crippen molar-refractivity contribution in [3.8, 4) is 5.69 Å². The number of hydrogen-bond acceptors (Lipinski definition) is 1. The molecule has 2 aromatic rings. The highest BCUT2D eigenvalue weighted by atomic mass is 35.5. The summed E-state index contributed by atoms with van der Waals surface area (Å²) in [7, 11) is 0. The van der Waals surface area contributed by atoms with Gasteiger partial charge in [0.25, 0.3) is 0 Å². The van der Waals surface area contributed by atoms with Crippen LogP contribution in [-0.4, -0.2) is 9.78 Å². The van der Waals surface area contributed by atoms with Crippen LogP contribution in [0.5, 0.6) is 0 Å².